The van der Waals surface area contributed by atoms with Crippen molar-refractivity contribution in [1.29, 1.82) is 0 Å². The maximum absolute atomic E-state index is 12.7. The molecule has 0 radical (unpaired) electrons. The number of hydrogen-bond donors (Lipinski definition) is 2. The van der Waals surface area contributed by atoms with Crippen molar-refractivity contribution < 1.29 is 18.8 Å². The SMILES string of the molecule is COc1cccc(NC(=O)c2ccccc2NC(=O)Cc2c(C)noc2C)c1. The summed E-state index contributed by atoms with van der Waals surface area (Å²) in [5.74, 6) is 0.660. The van der Waals surface area contributed by atoms with Crippen molar-refractivity contribution in [1.82, 2.24) is 5.16 Å². The number of carbonyl (C=O) groups is 2. The standard InChI is InChI=1S/C21H21N3O4/c1-13-18(14(2)28-24-13)12-20(25)23-19-10-5-4-9-17(19)21(26)22-15-7-6-8-16(11-15)27-3/h4-11H,12H2,1-3H3,(H,22,26)(H,23,25). The third-order valence-corrected chi connectivity index (χ3v) is 4.29. The van der Waals surface area contributed by atoms with Crippen LogP contribution in [0.3, 0.4) is 0 Å². The number of nitrogens with zero attached hydrogens (tertiary/aromatic N) is 1. The van der Waals surface area contributed by atoms with E-state index in [-0.39, 0.29) is 18.2 Å². The van der Waals surface area contributed by atoms with Crippen LogP contribution in [-0.4, -0.2) is 24.1 Å². The topological polar surface area (TPSA) is 93.5 Å². The van der Waals surface area contributed by atoms with Gasteiger partial charge in [0.15, 0.2) is 0 Å². The van der Waals surface area contributed by atoms with Crippen LogP contribution in [0.2, 0.25) is 0 Å². The van der Waals surface area contributed by atoms with E-state index in [0.717, 1.165) is 5.56 Å². The number of nitrogens with one attached hydrogen (secondary N) is 2. The molecule has 0 aliphatic heterocycles. The molecule has 2 aromatic carbocycles. The predicted molar refractivity (Wildman–Crippen MR) is 106 cm³/mol. The fraction of sp³-hybridized carbons (Fsp3) is 0.190. The fourth-order valence-corrected chi connectivity index (χ4v) is 2.80. The fourth-order valence-electron chi connectivity index (χ4n) is 2.80. The number of anilines is 2. The van der Waals surface area contributed by atoms with Crippen LogP contribution in [0.5, 0.6) is 5.75 Å². The van der Waals surface area contributed by atoms with Crippen molar-refractivity contribution in [2.75, 3.05) is 17.7 Å². The van der Waals surface area contributed by atoms with Crippen LogP contribution in [0.1, 0.15) is 27.4 Å². The number of aromatic nitrogens is 1. The van der Waals surface area contributed by atoms with Gasteiger partial charge in [-0.2, -0.15) is 0 Å². The predicted octanol–water partition coefficient (Wildman–Crippen LogP) is 3.73. The molecule has 0 aliphatic rings. The smallest absolute Gasteiger partial charge is 0.257 e. The highest BCUT2D eigenvalue weighted by Gasteiger charge is 2.17. The van der Waals surface area contributed by atoms with Gasteiger partial charge in [-0.05, 0) is 38.1 Å². The van der Waals surface area contributed by atoms with Crippen molar-refractivity contribution in [2.45, 2.75) is 20.3 Å². The number of carbonyl (C=O) groups excluding carboxylic acids is 2. The monoisotopic (exact) mass is 379 g/mol. The minimum atomic E-state index is -0.332. The van der Waals surface area contributed by atoms with Crippen LogP contribution in [0.25, 0.3) is 0 Å². The van der Waals surface area contributed by atoms with Gasteiger partial charge in [0.25, 0.3) is 5.91 Å². The van der Waals surface area contributed by atoms with Crippen molar-refractivity contribution >= 4 is 23.2 Å². The first-order valence-electron chi connectivity index (χ1n) is 8.74. The summed E-state index contributed by atoms with van der Waals surface area (Å²) in [4.78, 5) is 25.2. The lowest BCUT2D eigenvalue weighted by molar-refractivity contribution is -0.115. The highest BCUT2D eigenvalue weighted by Crippen LogP contribution is 2.21. The highest BCUT2D eigenvalue weighted by molar-refractivity contribution is 6.10. The van der Waals surface area contributed by atoms with Gasteiger partial charge in [-0.25, -0.2) is 0 Å². The number of rotatable bonds is 6. The number of benzene rings is 2. The van der Waals surface area contributed by atoms with Crippen LogP contribution in [0.15, 0.2) is 53.1 Å². The summed E-state index contributed by atoms with van der Waals surface area (Å²) in [5.41, 5.74) is 2.81. The lowest BCUT2D eigenvalue weighted by Gasteiger charge is -2.12. The Kier molecular flexibility index (Phi) is 5.74. The summed E-state index contributed by atoms with van der Waals surface area (Å²) in [5, 5.41) is 9.47. The van der Waals surface area contributed by atoms with Gasteiger partial charge in [0.2, 0.25) is 5.91 Å². The molecule has 0 fully saturated rings. The minimum Gasteiger partial charge on any atom is -0.497 e. The average molecular weight is 379 g/mol. The Bertz CT molecular complexity index is 991. The number of methoxy groups -OCH3 is 1. The molecule has 0 bridgehead atoms. The molecule has 1 aromatic heterocycles. The Morgan fingerprint density at radius 1 is 1.07 bits per heavy atom. The number of para-hydroxylation sites is 1. The summed E-state index contributed by atoms with van der Waals surface area (Å²) >= 11 is 0. The molecule has 1 heterocycles. The quantitative estimate of drug-likeness (QED) is 0.681. The molecule has 28 heavy (non-hydrogen) atoms. The summed E-state index contributed by atoms with van der Waals surface area (Å²) in [6, 6.07) is 13.9. The van der Waals surface area contributed by atoms with Crippen LogP contribution in [-0.2, 0) is 11.2 Å². The number of hydrogen-bond acceptors (Lipinski definition) is 5. The van der Waals surface area contributed by atoms with Crippen molar-refractivity contribution in [3.05, 3.63) is 71.1 Å². The summed E-state index contributed by atoms with van der Waals surface area (Å²) in [6.45, 7) is 3.55. The largest absolute Gasteiger partial charge is 0.497 e. The van der Waals surface area contributed by atoms with Gasteiger partial charge >= 0.3 is 0 Å². The molecule has 0 unspecified atom stereocenters. The second-order valence-corrected chi connectivity index (χ2v) is 6.26. The molecule has 0 spiro atoms. The van der Waals surface area contributed by atoms with Crippen molar-refractivity contribution in [2.24, 2.45) is 0 Å². The van der Waals surface area contributed by atoms with Crippen LogP contribution >= 0.6 is 0 Å². The second-order valence-electron chi connectivity index (χ2n) is 6.26. The zero-order chi connectivity index (χ0) is 20.1. The molecule has 3 rings (SSSR count). The van der Waals surface area contributed by atoms with Gasteiger partial charge in [-0.3, -0.25) is 9.59 Å². The molecular weight excluding hydrogens is 358 g/mol. The van der Waals surface area contributed by atoms with Crippen LogP contribution in [0, 0.1) is 13.8 Å². The normalized spacial score (nSPS) is 10.4. The molecular formula is C21H21N3O4. The van der Waals surface area contributed by atoms with E-state index in [1.807, 2.05) is 0 Å². The summed E-state index contributed by atoms with van der Waals surface area (Å²) < 4.78 is 10.3. The third-order valence-electron chi connectivity index (χ3n) is 4.29. The van der Waals surface area contributed by atoms with E-state index in [9.17, 15) is 9.59 Å². The van der Waals surface area contributed by atoms with Crippen molar-refractivity contribution in [3.8, 4) is 5.75 Å². The molecule has 144 valence electrons. The van der Waals surface area contributed by atoms with Crippen LogP contribution in [0.4, 0.5) is 11.4 Å². The van der Waals surface area contributed by atoms with Gasteiger partial charge in [0, 0.05) is 17.3 Å². The number of ether oxygens (including phenoxy) is 1. The molecule has 0 atom stereocenters. The molecule has 0 aliphatic carbocycles. The Balaban J connectivity index is 1.75. The molecule has 2 amide bonds. The molecule has 2 N–H and O–H groups in total. The first-order valence-corrected chi connectivity index (χ1v) is 8.74. The first-order chi connectivity index (χ1) is 13.5. The van der Waals surface area contributed by atoms with E-state index >= 15 is 0 Å². The second kappa shape index (κ2) is 8.39. The minimum absolute atomic E-state index is 0.118. The zero-order valence-electron chi connectivity index (χ0n) is 15.9. The van der Waals surface area contributed by atoms with E-state index in [1.54, 1.807) is 69.5 Å². The van der Waals surface area contributed by atoms with E-state index < -0.39 is 0 Å². The van der Waals surface area contributed by atoms with E-state index in [2.05, 4.69) is 15.8 Å². The Labute approximate surface area is 162 Å². The lowest BCUT2D eigenvalue weighted by Crippen LogP contribution is -2.19. The first kappa shape index (κ1) is 19.2. The summed E-state index contributed by atoms with van der Waals surface area (Å²) in [6.07, 6.45) is 0.118. The zero-order valence-corrected chi connectivity index (χ0v) is 15.9. The molecule has 3 aromatic rings. The van der Waals surface area contributed by atoms with Gasteiger partial charge < -0.3 is 19.9 Å². The van der Waals surface area contributed by atoms with Crippen molar-refractivity contribution in [3.63, 3.8) is 0 Å². The molecule has 0 saturated carbocycles. The average Bonchev–Trinajstić information content (AvgIpc) is 3.00. The van der Waals surface area contributed by atoms with E-state index in [4.69, 9.17) is 9.26 Å². The van der Waals surface area contributed by atoms with Crippen LogP contribution < -0.4 is 15.4 Å². The third kappa shape index (κ3) is 4.37. The number of aryl methyl sites for hydroxylation is 2. The molecule has 7 nitrogen and oxygen atoms in total. The number of amides is 2. The maximum atomic E-state index is 12.7. The Morgan fingerprint density at radius 2 is 1.86 bits per heavy atom. The lowest BCUT2D eigenvalue weighted by atomic mass is 10.1. The summed E-state index contributed by atoms with van der Waals surface area (Å²) in [7, 11) is 1.56. The van der Waals surface area contributed by atoms with E-state index in [1.165, 1.54) is 0 Å². The maximum Gasteiger partial charge on any atom is 0.257 e. The molecule has 0 saturated heterocycles. The molecule has 7 heteroatoms. The van der Waals surface area contributed by atoms with Gasteiger partial charge in [0.05, 0.1) is 30.5 Å². The Morgan fingerprint density at radius 3 is 2.57 bits per heavy atom. The van der Waals surface area contributed by atoms with Gasteiger partial charge in [-0.1, -0.05) is 23.4 Å². The Hall–Kier alpha value is -3.61. The van der Waals surface area contributed by atoms with Gasteiger partial charge in [-0.15, -0.1) is 0 Å². The highest BCUT2D eigenvalue weighted by atomic mass is 16.5. The van der Waals surface area contributed by atoms with E-state index in [0.29, 0.717) is 34.1 Å². The van der Waals surface area contributed by atoms with Gasteiger partial charge in [0.1, 0.15) is 11.5 Å².